The van der Waals surface area contributed by atoms with Crippen LogP contribution in [0.4, 0.5) is 0 Å². The van der Waals surface area contributed by atoms with Crippen molar-refractivity contribution >= 4 is 11.9 Å². The second-order valence-corrected chi connectivity index (χ2v) is 6.76. The number of benzene rings is 2. The number of Topliss-reactive ketones (excluding diaryl/α,β-unsaturated/α-hetero) is 1. The maximum atomic E-state index is 12.8. The van der Waals surface area contributed by atoms with Crippen molar-refractivity contribution in [3.63, 3.8) is 0 Å². The summed E-state index contributed by atoms with van der Waals surface area (Å²) in [5.74, 6) is 2.73. The zero-order valence-corrected chi connectivity index (χ0v) is 15.5. The lowest BCUT2D eigenvalue weighted by Gasteiger charge is -2.07. The Labute approximate surface area is 157 Å². The second kappa shape index (κ2) is 6.83. The van der Waals surface area contributed by atoms with Crippen LogP contribution in [0.2, 0.25) is 0 Å². The van der Waals surface area contributed by atoms with Crippen molar-refractivity contribution in [3.8, 4) is 23.0 Å². The SMILES string of the molecule is CC(C)=CCOc1cc(C)c2c(c1)O/C(=C\c1ccc3c(c1)OCO3)C2=O. The smallest absolute Gasteiger partial charge is 0.232 e. The van der Waals surface area contributed by atoms with Crippen LogP contribution >= 0.6 is 0 Å². The Morgan fingerprint density at radius 1 is 1.11 bits per heavy atom. The number of hydrogen-bond donors (Lipinski definition) is 0. The predicted molar refractivity (Wildman–Crippen MR) is 102 cm³/mol. The number of fused-ring (bicyclic) bond motifs is 2. The maximum absolute atomic E-state index is 12.8. The molecule has 0 atom stereocenters. The van der Waals surface area contributed by atoms with Gasteiger partial charge in [-0.2, -0.15) is 0 Å². The summed E-state index contributed by atoms with van der Waals surface area (Å²) < 4.78 is 22.3. The molecular weight excluding hydrogens is 344 g/mol. The van der Waals surface area contributed by atoms with Gasteiger partial charge in [0.25, 0.3) is 0 Å². The lowest BCUT2D eigenvalue weighted by molar-refractivity contribution is 0.101. The first-order chi connectivity index (χ1) is 13.0. The highest BCUT2D eigenvalue weighted by molar-refractivity contribution is 6.15. The fourth-order valence-corrected chi connectivity index (χ4v) is 3.02. The Kier molecular flexibility index (Phi) is 4.36. The summed E-state index contributed by atoms with van der Waals surface area (Å²) in [4.78, 5) is 12.8. The van der Waals surface area contributed by atoms with Crippen LogP contribution in [-0.2, 0) is 0 Å². The van der Waals surface area contributed by atoms with Gasteiger partial charge in [0.15, 0.2) is 17.3 Å². The molecule has 0 aromatic heterocycles. The Bertz CT molecular complexity index is 980. The highest BCUT2D eigenvalue weighted by Gasteiger charge is 2.30. The van der Waals surface area contributed by atoms with Crippen molar-refractivity contribution in [2.75, 3.05) is 13.4 Å². The van der Waals surface area contributed by atoms with Crippen LogP contribution in [-0.4, -0.2) is 19.2 Å². The van der Waals surface area contributed by atoms with Gasteiger partial charge in [0.2, 0.25) is 12.6 Å². The van der Waals surface area contributed by atoms with Gasteiger partial charge in [0, 0.05) is 6.07 Å². The molecule has 0 bridgehead atoms. The van der Waals surface area contributed by atoms with E-state index in [1.54, 1.807) is 12.1 Å². The summed E-state index contributed by atoms with van der Waals surface area (Å²) in [6, 6.07) is 9.14. The van der Waals surface area contributed by atoms with E-state index in [-0.39, 0.29) is 18.3 Å². The van der Waals surface area contributed by atoms with Crippen molar-refractivity contribution in [1.82, 2.24) is 0 Å². The van der Waals surface area contributed by atoms with Crippen LogP contribution in [0.15, 0.2) is 47.7 Å². The molecule has 27 heavy (non-hydrogen) atoms. The van der Waals surface area contributed by atoms with Crippen LogP contribution in [0.25, 0.3) is 6.08 Å². The third-order valence-electron chi connectivity index (χ3n) is 4.38. The van der Waals surface area contributed by atoms with Gasteiger partial charge in [0.1, 0.15) is 18.1 Å². The molecular formula is C22H20O5. The van der Waals surface area contributed by atoms with E-state index in [9.17, 15) is 4.79 Å². The van der Waals surface area contributed by atoms with E-state index in [2.05, 4.69) is 0 Å². The topological polar surface area (TPSA) is 54.0 Å². The first-order valence-corrected chi connectivity index (χ1v) is 8.76. The molecule has 4 rings (SSSR count). The minimum Gasteiger partial charge on any atom is -0.489 e. The highest BCUT2D eigenvalue weighted by atomic mass is 16.7. The van der Waals surface area contributed by atoms with Gasteiger partial charge in [-0.25, -0.2) is 0 Å². The summed E-state index contributed by atoms with van der Waals surface area (Å²) in [5, 5.41) is 0. The molecule has 0 spiro atoms. The number of allylic oxidation sites excluding steroid dienone is 2. The Morgan fingerprint density at radius 3 is 2.74 bits per heavy atom. The first-order valence-electron chi connectivity index (χ1n) is 8.76. The number of ketones is 1. The van der Waals surface area contributed by atoms with Crippen LogP contribution in [0.3, 0.4) is 0 Å². The quantitative estimate of drug-likeness (QED) is 0.582. The maximum Gasteiger partial charge on any atom is 0.232 e. The zero-order valence-electron chi connectivity index (χ0n) is 15.5. The van der Waals surface area contributed by atoms with Crippen molar-refractivity contribution < 1.29 is 23.7 Å². The Balaban J connectivity index is 1.59. The summed E-state index contributed by atoms with van der Waals surface area (Å²) in [6.07, 6.45) is 3.72. The van der Waals surface area contributed by atoms with Gasteiger partial charge in [0.05, 0.1) is 5.56 Å². The normalized spacial score (nSPS) is 15.5. The minimum atomic E-state index is -0.129. The van der Waals surface area contributed by atoms with E-state index in [0.29, 0.717) is 35.2 Å². The summed E-state index contributed by atoms with van der Waals surface area (Å²) in [5.41, 5.74) is 3.41. The van der Waals surface area contributed by atoms with E-state index in [4.69, 9.17) is 18.9 Å². The molecule has 0 aliphatic carbocycles. The van der Waals surface area contributed by atoms with Gasteiger partial charge in [-0.3, -0.25) is 4.79 Å². The number of rotatable bonds is 4. The molecule has 0 N–H and O–H groups in total. The number of carbonyl (C=O) groups is 1. The molecule has 5 nitrogen and oxygen atoms in total. The Hall–Kier alpha value is -3.21. The van der Waals surface area contributed by atoms with Crippen molar-refractivity contribution in [1.29, 1.82) is 0 Å². The molecule has 0 amide bonds. The zero-order chi connectivity index (χ0) is 19.0. The molecule has 0 saturated heterocycles. The lowest BCUT2D eigenvalue weighted by atomic mass is 10.0. The number of carbonyl (C=O) groups excluding carboxylic acids is 1. The van der Waals surface area contributed by atoms with Crippen molar-refractivity contribution in [3.05, 3.63) is 64.4 Å². The largest absolute Gasteiger partial charge is 0.489 e. The van der Waals surface area contributed by atoms with Gasteiger partial charge in [-0.1, -0.05) is 11.6 Å². The lowest BCUT2D eigenvalue weighted by Crippen LogP contribution is -2.00. The van der Waals surface area contributed by atoms with E-state index in [1.165, 1.54) is 5.57 Å². The summed E-state index contributed by atoms with van der Waals surface area (Å²) in [7, 11) is 0. The number of hydrogen-bond acceptors (Lipinski definition) is 5. The van der Waals surface area contributed by atoms with Crippen LogP contribution in [0.5, 0.6) is 23.0 Å². The third-order valence-corrected chi connectivity index (χ3v) is 4.38. The third kappa shape index (κ3) is 3.40. The molecule has 2 heterocycles. The summed E-state index contributed by atoms with van der Waals surface area (Å²) >= 11 is 0. The molecule has 5 heteroatoms. The molecule has 0 unspecified atom stereocenters. The van der Waals surface area contributed by atoms with E-state index in [0.717, 1.165) is 11.1 Å². The average molecular weight is 364 g/mol. The number of aryl methyl sites for hydroxylation is 1. The first kappa shape index (κ1) is 17.2. The highest BCUT2D eigenvalue weighted by Crippen LogP contribution is 2.38. The predicted octanol–water partition coefficient (Wildman–Crippen LogP) is 4.68. The minimum absolute atomic E-state index is 0.129. The molecule has 2 aromatic rings. The molecule has 2 aromatic carbocycles. The molecule has 138 valence electrons. The molecule has 0 saturated carbocycles. The van der Waals surface area contributed by atoms with Crippen LogP contribution < -0.4 is 18.9 Å². The van der Waals surface area contributed by atoms with Crippen LogP contribution in [0, 0.1) is 6.92 Å². The second-order valence-electron chi connectivity index (χ2n) is 6.76. The number of ether oxygens (including phenoxy) is 4. The van der Waals surface area contributed by atoms with Crippen LogP contribution in [0.1, 0.15) is 35.3 Å². The standard InChI is InChI=1S/C22H20O5/c1-13(2)6-7-24-16-8-14(3)21-19(11-16)27-20(22(21)23)10-15-4-5-17-18(9-15)26-12-25-17/h4-6,8-11H,7,12H2,1-3H3/b20-10-. The molecule has 0 fully saturated rings. The van der Waals surface area contributed by atoms with Gasteiger partial charge < -0.3 is 18.9 Å². The fourth-order valence-electron chi connectivity index (χ4n) is 3.02. The van der Waals surface area contributed by atoms with E-state index < -0.39 is 0 Å². The molecule has 2 aliphatic heterocycles. The monoisotopic (exact) mass is 364 g/mol. The van der Waals surface area contributed by atoms with Crippen molar-refractivity contribution in [2.24, 2.45) is 0 Å². The fraction of sp³-hybridized carbons (Fsp3) is 0.227. The van der Waals surface area contributed by atoms with Crippen molar-refractivity contribution in [2.45, 2.75) is 20.8 Å². The van der Waals surface area contributed by atoms with E-state index >= 15 is 0 Å². The molecule has 2 aliphatic rings. The summed E-state index contributed by atoms with van der Waals surface area (Å²) in [6.45, 7) is 6.62. The molecule has 0 radical (unpaired) electrons. The Morgan fingerprint density at radius 2 is 1.93 bits per heavy atom. The van der Waals surface area contributed by atoms with E-state index in [1.807, 2.05) is 51.1 Å². The van der Waals surface area contributed by atoms with Gasteiger partial charge >= 0.3 is 0 Å². The average Bonchev–Trinajstić information content (AvgIpc) is 3.19. The van der Waals surface area contributed by atoms with Gasteiger partial charge in [-0.05, 0) is 62.2 Å². The van der Waals surface area contributed by atoms with Gasteiger partial charge in [-0.15, -0.1) is 0 Å².